The average molecular weight is 172 g/mol. The molecule has 3 heteroatoms. The van der Waals surface area contributed by atoms with Gasteiger partial charge in [0.25, 0.3) is 0 Å². The Morgan fingerprint density at radius 2 is 1.83 bits per heavy atom. The topological polar surface area (TPSA) is 32.3 Å². The number of hydrogen-bond donors (Lipinski definition) is 1. The number of urea groups is 1. The summed E-state index contributed by atoms with van der Waals surface area (Å²) in [6, 6.07) is -0.0116. The summed E-state index contributed by atoms with van der Waals surface area (Å²) in [6.45, 7) is 7.22. The lowest BCUT2D eigenvalue weighted by molar-refractivity contribution is 0.214. The van der Waals surface area contributed by atoms with E-state index in [9.17, 15) is 4.79 Å². The summed E-state index contributed by atoms with van der Waals surface area (Å²) >= 11 is 0. The Morgan fingerprint density at radius 3 is 2.17 bits per heavy atom. The molecule has 0 aromatic carbocycles. The van der Waals surface area contributed by atoms with Crippen molar-refractivity contribution in [2.24, 2.45) is 11.8 Å². The van der Waals surface area contributed by atoms with Crippen LogP contribution in [0.15, 0.2) is 0 Å². The molecule has 0 aliphatic carbocycles. The van der Waals surface area contributed by atoms with Crippen LogP contribution in [0.2, 0.25) is 0 Å². The molecule has 72 valence electrons. The molecule has 0 fully saturated rings. The quantitative estimate of drug-likeness (QED) is 0.688. The minimum Gasteiger partial charge on any atom is -0.338 e. The first-order chi connectivity index (χ1) is 5.45. The largest absolute Gasteiger partial charge is 0.338 e. The molecule has 0 spiro atoms. The van der Waals surface area contributed by atoms with E-state index in [0.717, 1.165) is 6.54 Å². The lowest BCUT2D eigenvalue weighted by Crippen LogP contribution is -2.37. The Labute approximate surface area is 75.1 Å². The summed E-state index contributed by atoms with van der Waals surface area (Å²) in [6.07, 6.45) is 0. The molecule has 1 unspecified atom stereocenters. The fourth-order valence-corrected chi connectivity index (χ4v) is 0.642. The number of rotatable bonds is 3. The molecule has 0 aromatic rings. The summed E-state index contributed by atoms with van der Waals surface area (Å²) in [4.78, 5) is 12.6. The van der Waals surface area contributed by atoms with Gasteiger partial charge in [-0.15, -0.1) is 0 Å². The maximum Gasteiger partial charge on any atom is 0.316 e. The van der Waals surface area contributed by atoms with Crippen molar-refractivity contribution in [2.45, 2.75) is 20.8 Å². The summed E-state index contributed by atoms with van der Waals surface area (Å²) in [5, 5.41) is 2.85. The number of nitrogens with one attached hydrogen (secondary N) is 1. The summed E-state index contributed by atoms with van der Waals surface area (Å²) in [5.74, 6) is 1.15. The highest BCUT2D eigenvalue weighted by Gasteiger charge is 2.09. The van der Waals surface area contributed by atoms with Crippen LogP contribution in [0.25, 0.3) is 0 Å². The molecule has 3 nitrogen and oxygen atoms in total. The number of carbonyl (C=O) groups excluding carboxylic acids is 1. The molecule has 0 saturated carbocycles. The van der Waals surface area contributed by atoms with E-state index in [1.165, 1.54) is 0 Å². The van der Waals surface area contributed by atoms with Gasteiger partial charge in [0.15, 0.2) is 0 Å². The molecule has 0 heterocycles. The monoisotopic (exact) mass is 172 g/mol. The average Bonchev–Trinajstić information content (AvgIpc) is 1.98. The van der Waals surface area contributed by atoms with Gasteiger partial charge in [-0.1, -0.05) is 20.8 Å². The second-order valence-electron chi connectivity index (χ2n) is 3.80. The third-order valence-electron chi connectivity index (χ3n) is 2.12. The van der Waals surface area contributed by atoms with Crippen molar-refractivity contribution in [3.05, 3.63) is 0 Å². The zero-order chi connectivity index (χ0) is 9.72. The van der Waals surface area contributed by atoms with E-state index in [1.807, 2.05) is 0 Å². The lowest BCUT2D eigenvalue weighted by atomic mass is 9.98. The van der Waals surface area contributed by atoms with Gasteiger partial charge in [-0.3, -0.25) is 0 Å². The predicted octanol–water partition coefficient (Wildman–Crippen LogP) is 1.55. The zero-order valence-corrected chi connectivity index (χ0v) is 8.72. The Balaban J connectivity index is 3.61. The fourth-order valence-electron chi connectivity index (χ4n) is 0.642. The van der Waals surface area contributed by atoms with Crippen LogP contribution in [0.1, 0.15) is 20.8 Å². The second kappa shape index (κ2) is 5.01. The molecule has 1 atom stereocenters. The Bertz CT molecular complexity index is 143. The van der Waals surface area contributed by atoms with Gasteiger partial charge in [-0.25, -0.2) is 4.79 Å². The number of nitrogens with zero attached hydrogens (tertiary/aromatic N) is 1. The van der Waals surface area contributed by atoms with E-state index in [1.54, 1.807) is 19.0 Å². The van der Waals surface area contributed by atoms with Gasteiger partial charge in [0.05, 0.1) is 0 Å². The second-order valence-corrected chi connectivity index (χ2v) is 3.80. The summed E-state index contributed by atoms with van der Waals surface area (Å²) < 4.78 is 0. The summed E-state index contributed by atoms with van der Waals surface area (Å²) in [5.41, 5.74) is 0. The zero-order valence-electron chi connectivity index (χ0n) is 8.72. The lowest BCUT2D eigenvalue weighted by Gasteiger charge is -2.18. The number of amides is 2. The van der Waals surface area contributed by atoms with E-state index in [0.29, 0.717) is 11.8 Å². The molecule has 2 amide bonds. The van der Waals surface area contributed by atoms with Gasteiger partial charge in [-0.05, 0) is 11.8 Å². The Hall–Kier alpha value is -0.730. The number of carbonyl (C=O) groups is 1. The van der Waals surface area contributed by atoms with Gasteiger partial charge in [0.2, 0.25) is 0 Å². The smallest absolute Gasteiger partial charge is 0.316 e. The van der Waals surface area contributed by atoms with Crippen molar-refractivity contribution in [1.29, 1.82) is 0 Å². The van der Waals surface area contributed by atoms with Crippen LogP contribution < -0.4 is 5.32 Å². The Kier molecular flexibility index (Phi) is 4.71. The molecular formula is C9H20N2O. The third kappa shape index (κ3) is 4.21. The van der Waals surface area contributed by atoms with E-state index < -0.39 is 0 Å². The first-order valence-corrected chi connectivity index (χ1v) is 4.40. The van der Waals surface area contributed by atoms with Crippen molar-refractivity contribution in [3.8, 4) is 0 Å². The van der Waals surface area contributed by atoms with E-state index in [4.69, 9.17) is 0 Å². The fraction of sp³-hybridized carbons (Fsp3) is 0.889. The summed E-state index contributed by atoms with van der Waals surface area (Å²) in [7, 11) is 3.49. The van der Waals surface area contributed by atoms with Crippen molar-refractivity contribution < 1.29 is 4.79 Å². The standard InChI is InChI=1S/C9H20N2O/c1-7(2)8(3)6-10-9(12)11(4)5/h7-8H,6H2,1-5H3,(H,10,12). The molecule has 0 rings (SSSR count). The van der Waals surface area contributed by atoms with Crippen molar-refractivity contribution in [1.82, 2.24) is 10.2 Å². The maximum atomic E-state index is 11.1. The van der Waals surface area contributed by atoms with Crippen LogP contribution >= 0.6 is 0 Å². The van der Waals surface area contributed by atoms with Crippen LogP contribution in [0.3, 0.4) is 0 Å². The molecule has 0 saturated heterocycles. The van der Waals surface area contributed by atoms with Crippen molar-refractivity contribution in [3.63, 3.8) is 0 Å². The van der Waals surface area contributed by atoms with Crippen LogP contribution in [0.4, 0.5) is 4.79 Å². The van der Waals surface area contributed by atoms with E-state index in [2.05, 4.69) is 26.1 Å². The van der Waals surface area contributed by atoms with Gasteiger partial charge >= 0.3 is 6.03 Å². The van der Waals surface area contributed by atoms with Gasteiger partial charge in [0.1, 0.15) is 0 Å². The molecule has 0 aliphatic heterocycles. The minimum atomic E-state index is -0.0116. The molecule has 1 N–H and O–H groups in total. The van der Waals surface area contributed by atoms with Gasteiger partial charge in [-0.2, -0.15) is 0 Å². The predicted molar refractivity (Wildman–Crippen MR) is 51.1 cm³/mol. The van der Waals surface area contributed by atoms with E-state index in [-0.39, 0.29) is 6.03 Å². The van der Waals surface area contributed by atoms with Crippen LogP contribution in [-0.4, -0.2) is 31.6 Å². The Morgan fingerprint density at radius 1 is 1.33 bits per heavy atom. The first kappa shape index (κ1) is 11.3. The highest BCUT2D eigenvalue weighted by atomic mass is 16.2. The van der Waals surface area contributed by atoms with Crippen molar-refractivity contribution >= 4 is 6.03 Å². The van der Waals surface area contributed by atoms with Crippen LogP contribution in [-0.2, 0) is 0 Å². The van der Waals surface area contributed by atoms with E-state index >= 15 is 0 Å². The first-order valence-electron chi connectivity index (χ1n) is 4.40. The van der Waals surface area contributed by atoms with Crippen molar-refractivity contribution in [2.75, 3.05) is 20.6 Å². The molecule has 12 heavy (non-hydrogen) atoms. The molecular weight excluding hydrogens is 152 g/mol. The maximum absolute atomic E-state index is 11.1. The highest BCUT2D eigenvalue weighted by molar-refractivity contribution is 5.73. The van der Waals surface area contributed by atoms with Gasteiger partial charge in [0, 0.05) is 20.6 Å². The van der Waals surface area contributed by atoms with Crippen LogP contribution in [0, 0.1) is 11.8 Å². The van der Waals surface area contributed by atoms with Gasteiger partial charge < -0.3 is 10.2 Å². The SMILES string of the molecule is CC(C)C(C)CNC(=O)N(C)C. The normalized spacial score (nSPS) is 12.8. The molecule has 0 aromatic heterocycles. The third-order valence-corrected chi connectivity index (χ3v) is 2.12. The number of hydrogen-bond acceptors (Lipinski definition) is 1. The molecule has 0 radical (unpaired) electrons. The molecule has 0 aliphatic rings. The molecule has 0 bridgehead atoms. The minimum absolute atomic E-state index is 0.0116. The van der Waals surface area contributed by atoms with Crippen LogP contribution in [0.5, 0.6) is 0 Å². The highest BCUT2D eigenvalue weighted by Crippen LogP contribution is 2.07.